The van der Waals surface area contributed by atoms with E-state index in [9.17, 15) is 4.79 Å². The largest absolute Gasteiger partial charge is 0.344 e. The van der Waals surface area contributed by atoms with Gasteiger partial charge in [0.05, 0.1) is 5.54 Å². The Kier molecular flexibility index (Phi) is 7.00. The van der Waals surface area contributed by atoms with Gasteiger partial charge in [-0.05, 0) is 31.0 Å². The molecule has 1 aliphatic carbocycles. The summed E-state index contributed by atoms with van der Waals surface area (Å²) in [5.41, 5.74) is 5.98. The fourth-order valence-electron chi connectivity index (χ4n) is 2.82. The van der Waals surface area contributed by atoms with E-state index in [1.807, 2.05) is 18.2 Å². The highest BCUT2D eigenvalue weighted by Gasteiger charge is 2.34. The summed E-state index contributed by atoms with van der Waals surface area (Å²) in [7, 11) is 0. The molecule has 0 aromatic carbocycles. The predicted octanol–water partition coefficient (Wildman–Crippen LogP) is 2.11. The summed E-state index contributed by atoms with van der Waals surface area (Å²) in [6, 6.07) is 7.15. The average Bonchev–Trinajstić information content (AvgIpc) is 3.19. The maximum atomic E-state index is 12.4. The molecule has 0 radical (unpaired) electrons. The van der Waals surface area contributed by atoms with Crippen molar-refractivity contribution in [3.63, 3.8) is 0 Å². The van der Waals surface area contributed by atoms with Crippen molar-refractivity contribution in [3.8, 4) is 5.82 Å². The van der Waals surface area contributed by atoms with E-state index >= 15 is 0 Å². The number of carbonyl (C=O) groups is 1. The molecule has 1 amide bonds. The molecule has 0 atom stereocenters. The number of hydrogen-bond acceptors (Lipinski definition) is 4. The van der Waals surface area contributed by atoms with Gasteiger partial charge in [-0.3, -0.25) is 4.79 Å². The summed E-state index contributed by atoms with van der Waals surface area (Å²) in [6.45, 7) is 0.470. The topological polar surface area (TPSA) is 85.8 Å². The average molecular weight is 358 g/mol. The number of aromatic nitrogens is 3. The number of hydrogen-bond donors (Lipinski definition) is 2. The third-order valence-corrected chi connectivity index (χ3v) is 4.04. The minimum Gasteiger partial charge on any atom is -0.344 e. The van der Waals surface area contributed by atoms with Crippen LogP contribution in [0.3, 0.4) is 0 Å². The van der Waals surface area contributed by atoms with Gasteiger partial charge in [0.1, 0.15) is 5.69 Å². The molecule has 1 saturated carbocycles. The van der Waals surface area contributed by atoms with Gasteiger partial charge in [0.25, 0.3) is 5.91 Å². The Hall–Kier alpha value is -1.63. The maximum Gasteiger partial charge on any atom is 0.270 e. The molecule has 2 heterocycles. The summed E-state index contributed by atoms with van der Waals surface area (Å²) in [6.07, 6.45) is 7.57. The standard InChI is InChI=1S/C15H19N5O.2ClH/c16-11-15(7-1-2-8-15)19-14(21)12-5-3-6-13(18-12)20-10-4-9-17-20;;/h3-6,9-10H,1-2,7-8,11,16H2,(H,19,21);2*1H. The SMILES string of the molecule is Cl.Cl.NCC1(NC(=O)c2cccc(-n3cccn3)n2)CCCC1. The Bertz CT molecular complexity index is 627. The van der Waals surface area contributed by atoms with E-state index < -0.39 is 0 Å². The van der Waals surface area contributed by atoms with Crippen molar-refractivity contribution in [2.75, 3.05) is 6.54 Å². The Labute approximate surface area is 147 Å². The lowest BCUT2D eigenvalue weighted by atomic mass is 9.97. The van der Waals surface area contributed by atoms with Crippen LogP contribution in [0.2, 0.25) is 0 Å². The highest BCUT2D eigenvalue weighted by atomic mass is 35.5. The number of rotatable bonds is 4. The van der Waals surface area contributed by atoms with Crippen LogP contribution in [0.25, 0.3) is 5.82 Å². The summed E-state index contributed by atoms with van der Waals surface area (Å²) >= 11 is 0. The van der Waals surface area contributed by atoms with Crippen LogP contribution in [-0.4, -0.2) is 32.8 Å². The maximum absolute atomic E-state index is 12.4. The van der Waals surface area contributed by atoms with Crippen LogP contribution in [0, 0.1) is 0 Å². The Morgan fingerprint density at radius 1 is 1.26 bits per heavy atom. The molecule has 3 rings (SSSR count). The second-order valence-electron chi connectivity index (χ2n) is 5.48. The van der Waals surface area contributed by atoms with Crippen molar-refractivity contribution >= 4 is 30.7 Å². The molecule has 8 heteroatoms. The van der Waals surface area contributed by atoms with Crippen molar-refractivity contribution in [2.24, 2.45) is 5.73 Å². The molecule has 23 heavy (non-hydrogen) atoms. The number of pyridine rings is 1. The van der Waals surface area contributed by atoms with Gasteiger partial charge in [-0.15, -0.1) is 24.8 Å². The van der Waals surface area contributed by atoms with E-state index in [4.69, 9.17) is 5.73 Å². The zero-order valence-corrected chi connectivity index (χ0v) is 14.3. The molecule has 0 saturated heterocycles. The first-order valence-electron chi connectivity index (χ1n) is 7.22. The molecule has 0 spiro atoms. The van der Waals surface area contributed by atoms with Gasteiger partial charge in [0.15, 0.2) is 5.82 Å². The Morgan fingerprint density at radius 3 is 2.61 bits per heavy atom. The monoisotopic (exact) mass is 357 g/mol. The van der Waals surface area contributed by atoms with Crippen molar-refractivity contribution in [1.82, 2.24) is 20.1 Å². The molecule has 0 unspecified atom stereocenters. The normalized spacial score (nSPS) is 15.3. The van der Waals surface area contributed by atoms with Crippen LogP contribution < -0.4 is 11.1 Å². The zero-order chi connectivity index (χ0) is 14.7. The van der Waals surface area contributed by atoms with Crippen LogP contribution in [0.15, 0.2) is 36.7 Å². The number of carbonyl (C=O) groups excluding carboxylic acids is 1. The summed E-state index contributed by atoms with van der Waals surface area (Å²) in [5.74, 6) is 0.456. The zero-order valence-electron chi connectivity index (χ0n) is 12.6. The van der Waals surface area contributed by atoms with E-state index in [0.717, 1.165) is 25.7 Å². The molecule has 3 N–H and O–H groups in total. The molecule has 2 aromatic rings. The second-order valence-corrected chi connectivity index (χ2v) is 5.48. The number of nitrogens with one attached hydrogen (secondary N) is 1. The van der Waals surface area contributed by atoms with Gasteiger partial charge in [-0.2, -0.15) is 5.10 Å². The summed E-state index contributed by atoms with van der Waals surface area (Å²) in [4.78, 5) is 16.8. The van der Waals surface area contributed by atoms with Crippen molar-refractivity contribution < 1.29 is 4.79 Å². The van der Waals surface area contributed by atoms with E-state index in [0.29, 0.717) is 18.1 Å². The molecule has 6 nitrogen and oxygen atoms in total. The van der Waals surface area contributed by atoms with Gasteiger partial charge >= 0.3 is 0 Å². The van der Waals surface area contributed by atoms with Gasteiger partial charge in [0.2, 0.25) is 0 Å². The van der Waals surface area contributed by atoms with Crippen molar-refractivity contribution in [1.29, 1.82) is 0 Å². The summed E-state index contributed by atoms with van der Waals surface area (Å²) in [5, 5.41) is 7.20. The first-order chi connectivity index (χ1) is 10.2. The molecule has 0 aliphatic heterocycles. The lowest BCUT2D eigenvalue weighted by molar-refractivity contribution is 0.0898. The lowest BCUT2D eigenvalue weighted by Crippen LogP contribution is -2.51. The number of nitrogens with zero attached hydrogens (tertiary/aromatic N) is 3. The Balaban J connectivity index is 0.00000132. The van der Waals surface area contributed by atoms with Gasteiger partial charge < -0.3 is 11.1 Å². The smallest absolute Gasteiger partial charge is 0.270 e. The summed E-state index contributed by atoms with van der Waals surface area (Å²) < 4.78 is 1.63. The molecule has 1 aliphatic rings. The Morgan fingerprint density at radius 2 is 2.00 bits per heavy atom. The fraction of sp³-hybridized carbons (Fsp3) is 0.400. The predicted molar refractivity (Wildman–Crippen MR) is 93.6 cm³/mol. The molecular formula is C15H21Cl2N5O. The molecule has 0 bridgehead atoms. The third kappa shape index (κ3) is 4.22. The van der Waals surface area contributed by atoms with Crippen LogP contribution in [0.4, 0.5) is 0 Å². The highest BCUT2D eigenvalue weighted by molar-refractivity contribution is 5.93. The van der Waals surface area contributed by atoms with Crippen LogP contribution in [0.1, 0.15) is 36.2 Å². The first-order valence-corrected chi connectivity index (χ1v) is 7.22. The molecule has 1 fully saturated rings. The van der Waals surface area contributed by atoms with Crippen LogP contribution >= 0.6 is 24.8 Å². The van der Waals surface area contributed by atoms with Crippen LogP contribution in [0.5, 0.6) is 0 Å². The number of nitrogens with two attached hydrogens (primary N) is 1. The molecule has 126 valence electrons. The van der Waals surface area contributed by atoms with Crippen molar-refractivity contribution in [2.45, 2.75) is 31.2 Å². The van der Waals surface area contributed by atoms with Crippen molar-refractivity contribution in [3.05, 3.63) is 42.4 Å². The second kappa shape index (κ2) is 8.29. The van der Waals surface area contributed by atoms with Crippen LogP contribution in [-0.2, 0) is 0 Å². The van der Waals surface area contributed by atoms with Gasteiger partial charge in [-0.25, -0.2) is 9.67 Å². The highest BCUT2D eigenvalue weighted by Crippen LogP contribution is 2.28. The van der Waals surface area contributed by atoms with Gasteiger partial charge in [-0.1, -0.05) is 18.9 Å². The van der Waals surface area contributed by atoms with E-state index in [2.05, 4.69) is 15.4 Å². The van der Waals surface area contributed by atoms with E-state index in [1.165, 1.54) is 0 Å². The lowest BCUT2D eigenvalue weighted by Gasteiger charge is -2.28. The van der Waals surface area contributed by atoms with E-state index in [-0.39, 0.29) is 36.3 Å². The van der Waals surface area contributed by atoms with E-state index in [1.54, 1.807) is 23.1 Å². The molecular weight excluding hydrogens is 337 g/mol. The third-order valence-electron chi connectivity index (χ3n) is 4.04. The quantitative estimate of drug-likeness (QED) is 0.877. The first kappa shape index (κ1) is 19.4. The van der Waals surface area contributed by atoms with Gasteiger partial charge in [0, 0.05) is 18.9 Å². The number of amides is 1. The minimum atomic E-state index is -0.263. The molecule has 2 aromatic heterocycles. The fourth-order valence-corrected chi connectivity index (χ4v) is 2.82. The minimum absolute atomic E-state index is 0. The number of halogens is 2.